The van der Waals surface area contributed by atoms with Crippen LogP contribution in [0.15, 0.2) is 35.0 Å². The van der Waals surface area contributed by atoms with Crippen molar-refractivity contribution in [3.8, 4) is 17.0 Å². The smallest absolute Gasteiger partial charge is 0.266 e. The van der Waals surface area contributed by atoms with Crippen LogP contribution in [0.5, 0.6) is 5.75 Å². The van der Waals surface area contributed by atoms with Gasteiger partial charge in [0.2, 0.25) is 5.89 Å². The summed E-state index contributed by atoms with van der Waals surface area (Å²) in [4.78, 5) is 11.1. The molecule has 0 saturated carbocycles. The molecule has 186 valence electrons. The number of halogens is 1. The lowest BCUT2D eigenvalue weighted by atomic mass is 9.89. The number of nitrogens with zero attached hydrogens (tertiary/aromatic N) is 4. The Morgan fingerprint density at radius 2 is 1.97 bits per heavy atom. The van der Waals surface area contributed by atoms with Crippen molar-refractivity contribution in [2.75, 3.05) is 24.2 Å². The lowest BCUT2D eigenvalue weighted by molar-refractivity contribution is 0.138. The number of rotatable bonds is 6. The molecular weight excluding hydrogens is 471 g/mol. The van der Waals surface area contributed by atoms with Crippen LogP contribution in [-0.2, 0) is 22.0 Å². The summed E-state index contributed by atoms with van der Waals surface area (Å²) in [5.74, 6) is 1.98. The zero-order chi connectivity index (χ0) is 24.7. The van der Waals surface area contributed by atoms with Crippen LogP contribution in [-0.4, -0.2) is 49.0 Å². The van der Waals surface area contributed by atoms with Gasteiger partial charge in [-0.05, 0) is 47.7 Å². The number of hydrogen-bond acceptors (Lipinski definition) is 8. The summed E-state index contributed by atoms with van der Waals surface area (Å²) in [6.45, 7) is 5.74. The van der Waals surface area contributed by atoms with Crippen molar-refractivity contribution < 1.29 is 22.1 Å². The molecule has 35 heavy (non-hydrogen) atoms. The molecule has 2 aliphatic rings. The van der Waals surface area contributed by atoms with Gasteiger partial charge in [-0.2, -0.15) is 4.98 Å². The molecule has 1 atom stereocenters. The number of ether oxygens (including phenoxy) is 1. The summed E-state index contributed by atoms with van der Waals surface area (Å²) in [6, 6.07) is 6.38. The van der Waals surface area contributed by atoms with Crippen LogP contribution in [0.4, 0.5) is 10.3 Å². The molecule has 1 aromatic carbocycles. The fourth-order valence-corrected chi connectivity index (χ4v) is 5.59. The van der Waals surface area contributed by atoms with Gasteiger partial charge in [0, 0.05) is 42.8 Å². The average Bonchev–Trinajstić information content (AvgIpc) is 3.45. The Morgan fingerprint density at radius 1 is 1.20 bits per heavy atom. The fourth-order valence-electron chi connectivity index (χ4n) is 4.80. The summed E-state index contributed by atoms with van der Waals surface area (Å²) in [7, 11) is -3.23. The van der Waals surface area contributed by atoms with Gasteiger partial charge < -0.3 is 14.2 Å². The van der Waals surface area contributed by atoms with Gasteiger partial charge >= 0.3 is 0 Å². The largest absolute Gasteiger partial charge is 0.488 e. The molecule has 1 unspecified atom stereocenters. The van der Waals surface area contributed by atoms with E-state index in [1.807, 2.05) is 19.9 Å². The Hall–Kier alpha value is -3.01. The van der Waals surface area contributed by atoms with Gasteiger partial charge in [0.1, 0.15) is 17.7 Å². The zero-order valence-electron chi connectivity index (χ0n) is 20.1. The topological polar surface area (TPSA) is 98.4 Å². The van der Waals surface area contributed by atoms with E-state index < -0.39 is 15.7 Å². The number of hydrogen-bond donors (Lipinski definition) is 0. The van der Waals surface area contributed by atoms with Crippen LogP contribution in [0, 0.1) is 11.7 Å². The molecule has 0 aliphatic carbocycles. The van der Waals surface area contributed by atoms with Crippen LogP contribution < -0.4 is 9.64 Å². The summed E-state index contributed by atoms with van der Waals surface area (Å²) in [6.07, 6.45) is 5.53. The highest BCUT2D eigenvalue weighted by molar-refractivity contribution is 7.89. The van der Waals surface area contributed by atoms with E-state index in [0.29, 0.717) is 34.6 Å². The summed E-state index contributed by atoms with van der Waals surface area (Å²) < 4.78 is 49.4. The molecule has 0 bridgehead atoms. The number of anilines is 1. The van der Waals surface area contributed by atoms with Crippen LogP contribution in [0.3, 0.4) is 0 Å². The van der Waals surface area contributed by atoms with Crippen molar-refractivity contribution in [1.82, 2.24) is 15.1 Å². The molecular formula is C25H29FN4O4S. The Morgan fingerprint density at radius 3 is 2.63 bits per heavy atom. The normalized spacial score (nSPS) is 18.7. The minimum atomic E-state index is -3.23. The second-order valence-electron chi connectivity index (χ2n) is 9.83. The zero-order valence-corrected chi connectivity index (χ0v) is 20.9. The lowest BCUT2D eigenvalue weighted by Gasteiger charge is -2.33. The Kier molecular flexibility index (Phi) is 6.25. The number of fused-ring (bicyclic) bond motifs is 1. The first-order valence-corrected chi connectivity index (χ1v) is 13.9. The summed E-state index contributed by atoms with van der Waals surface area (Å²) >= 11 is 0. The van der Waals surface area contributed by atoms with Crippen molar-refractivity contribution in [3.63, 3.8) is 0 Å². The fraction of sp³-hybridized carbons (Fsp3) is 0.480. The van der Waals surface area contributed by atoms with Crippen LogP contribution in [0.25, 0.3) is 11.3 Å². The Bertz CT molecular complexity index is 1330. The van der Waals surface area contributed by atoms with E-state index >= 15 is 0 Å². The number of aromatic nitrogens is 3. The van der Waals surface area contributed by atoms with E-state index in [9.17, 15) is 12.8 Å². The monoisotopic (exact) mass is 500 g/mol. The van der Waals surface area contributed by atoms with Crippen LogP contribution >= 0.6 is 0 Å². The van der Waals surface area contributed by atoms with Crippen molar-refractivity contribution in [2.24, 2.45) is 5.92 Å². The van der Waals surface area contributed by atoms with E-state index in [0.717, 1.165) is 49.9 Å². The van der Waals surface area contributed by atoms with E-state index in [1.54, 1.807) is 18.3 Å². The molecule has 5 rings (SSSR count). The van der Waals surface area contributed by atoms with Crippen LogP contribution in [0.2, 0.25) is 0 Å². The number of piperidine rings is 1. The van der Waals surface area contributed by atoms with Gasteiger partial charge in [0.05, 0.1) is 17.6 Å². The van der Waals surface area contributed by atoms with E-state index in [-0.39, 0.29) is 17.8 Å². The first kappa shape index (κ1) is 23.7. The van der Waals surface area contributed by atoms with Gasteiger partial charge in [-0.1, -0.05) is 19.9 Å². The third-order valence-corrected chi connectivity index (χ3v) is 7.52. The highest BCUT2D eigenvalue weighted by Gasteiger charge is 2.34. The van der Waals surface area contributed by atoms with E-state index in [4.69, 9.17) is 9.26 Å². The molecule has 0 spiro atoms. The lowest BCUT2D eigenvalue weighted by Crippen LogP contribution is -2.39. The average molecular weight is 501 g/mol. The molecule has 8 nitrogen and oxygen atoms in total. The molecule has 0 amide bonds. The number of pyridine rings is 1. The minimum absolute atomic E-state index is 0.0580. The van der Waals surface area contributed by atoms with Gasteiger partial charge in [0.15, 0.2) is 9.84 Å². The third-order valence-electron chi connectivity index (χ3n) is 6.66. The maximum Gasteiger partial charge on any atom is 0.266 e. The first-order chi connectivity index (χ1) is 16.7. The predicted molar refractivity (Wildman–Crippen MR) is 130 cm³/mol. The number of benzene rings is 1. The van der Waals surface area contributed by atoms with Gasteiger partial charge in [-0.15, -0.1) is 0 Å². The molecule has 0 radical (unpaired) electrons. The SMILES string of the molecule is CC(C)c1nc(N2CCC(C3Cc4cc(-c5ccc(CS(C)(=O)=O)cc5F)ncc4O3)CC2)no1. The highest BCUT2D eigenvalue weighted by atomic mass is 32.2. The van der Waals surface area contributed by atoms with E-state index in [1.165, 1.54) is 6.07 Å². The highest BCUT2D eigenvalue weighted by Crippen LogP contribution is 2.37. The second kappa shape index (κ2) is 9.22. The van der Waals surface area contributed by atoms with Gasteiger partial charge in [-0.3, -0.25) is 4.98 Å². The number of sulfone groups is 1. The second-order valence-corrected chi connectivity index (χ2v) is 12.0. The maximum atomic E-state index is 14.8. The van der Waals surface area contributed by atoms with E-state index in [2.05, 4.69) is 20.0 Å². The first-order valence-electron chi connectivity index (χ1n) is 11.9. The van der Waals surface area contributed by atoms with Crippen LogP contribution in [0.1, 0.15) is 49.6 Å². The van der Waals surface area contributed by atoms with Crippen molar-refractivity contribution in [1.29, 1.82) is 0 Å². The molecule has 0 N–H and O–H groups in total. The van der Waals surface area contributed by atoms with Crippen molar-refractivity contribution in [3.05, 3.63) is 53.3 Å². The maximum absolute atomic E-state index is 14.8. The van der Waals surface area contributed by atoms with Gasteiger partial charge in [0.25, 0.3) is 5.95 Å². The minimum Gasteiger partial charge on any atom is -0.488 e. The predicted octanol–water partition coefficient (Wildman–Crippen LogP) is 4.16. The summed E-state index contributed by atoms with van der Waals surface area (Å²) in [5, 5.41) is 4.12. The molecule has 3 aromatic rings. The third kappa shape index (κ3) is 5.17. The quantitative estimate of drug-likeness (QED) is 0.498. The standard InChI is InChI=1S/C25H29FN4O4S/c1-15(2)24-28-25(29-34-24)30-8-6-17(7-9-30)22-12-18-11-21(27-13-23(18)33-22)19-5-4-16(10-20(19)26)14-35(3,31)32/h4-5,10-11,13,15,17,22H,6-9,12,14H2,1-3H3. The molecule has 2 aliphatic heterocycles. The molecule has 1 saturated heterocycles. The Labute approximate surface area is 204 Å². The Balaban J connectivity index is 1.24. The van der Waals surface area contributed by atoms with Crippen molar-refractivity contribution >= 4 is 15.8 Å². The molecule has 2 aromatic heterocycles. The molecule has 4 heterocycles. The molecule has 1 fully saturated rings. The summed E-state index contributed by atoms with van der Waals surface area (Å²) in [5.41, 5.74) is 2.31. The van der Waals surface area contributed by atoms with Gasteiger partial charge in [-0.25, -0.2) is 12.8 Å². The van der Waals surface area contributed by atoms with Crippen molar-refractivity contribution in [2.45, 2.75) is 50.9 Å². The molecule has 10 heteroatoms.